The molecule has 0 radical (unpaired) electrons. The zero-order chi connectivity index (χ0) is 24.6. The van der Waals surface area contributed by atoms with Gasteiger partial charge in [-0.15, -0.1) is 0 Å². The van der Waals surface area contributed by atoms with Crippen molar-refractivity contribution in [3.63, 3.8) is 0 Å². The minimum Gasteiger partial charge on any atom is -0.444 e. The Hall–Kier alpha value is -2.61. The number of rotatable bonds is 2. The van der Waals surface area contributed by atoms with E-state index in [2.05, 4.69) is 17.3 Å². The van der Waals surface area contributed by atoms with Gasteiger partial charge in [-0.1, -0.05) is 12.1 Å². The predicted molar refractivity (Wildman–Crippen MR) is 131 cm³/mol. The Bertz CT molecular complexity index is 803. The Labute approximate surface area is 198 Å². The maximum absolute atomic E-state index is 12.0. The molecule has 0 atom stereocenters. The first-order valence-corrected chi connectivity index (χ1v) is 11.7. The molecule has 0 aliphatic carbocycles. The summed E-state index contributed by atoms with van der Waals surface area (Å²) in [4.78, 5) is 39.5. The number of hydrogen-bond acceptors (Lipinski definition) is 5. The van der Waals surface area contributed by atoms with Crippen LogP contribution < -0.4 is 10.2 Å². The van der Waals surface area contributed by atoms with Gasteiger partial charge >= 0.3 is 12.1 Å². The van der Waals surface area contributed by atoms with Crippen molar-refractivity contribution in [3.8, 4) is 0 Å². The number of piperidine rings is 2. The number of benzene rings is 1. The van der Waals surface area contributed by atoms with Crippen molar-refractivity contribution < 1.29 is 19.1 Å². The Morgan fingerprint density at radius 2 is 1.67 bits per heavy atom. The molecule has 8 heteroatoms. The number of nitrogens with zero attached hydrogens (tertiary/aromatic N) is 3. The molecule has 0 aromatic heterocycles. The van der Waals surface area contributed by atoms with Crippen molar-refractivity contribution in [1.29, 1.82) is 0 Å². The number of carbonyl (C=O) groups excluding carboxylic acids is 3. The van der Waals surface area contributed by atoms with Gasteiger partial charge in [0.1, 0.15) is 11.9 Å². The van der Waals surface area contributed by atoms with Crippen molar-refractivity contribution in [2.24, 2.45) is 5.41 Å². The molecule has 3 amide bonds. The SMILES string of the molecule is CN1CCC2(CC1)CCN(C(=O)OC(C)(C)C)CC2.CNC(=O)N(C)c1cccc(C=O)c1. The molecule has 8 nitrogen and oxygen atoms in total. The molecular weight excluding hydrogens is 420 g/mol. The van der Waals surface area contributed by atoms with E-state index in [1.807, 2.05) is 25.7 Å². The van der Waals surface area contributed by atoms with Crippen molar-refractivity contribution in [1.82, 2.24) is 15.1 Å². The van der Waals surface area contributed by atoms with Crippen LogP contribution in [0.3, 0.4) is 0 Å². The van der Waals surface area contributed by atoms with Crippen LogP contribution in [0.2, 0.25) is 0 Å². The van der Waals surface area contributed by atoms with Gasteiger partial charge in [-0.3, -0.25) is 9.69 Å². The molecule has 3 rings (SSSR count). The van der Waals surface area contributed by atoms with E-state index in [9.17, 15) is 14.4 Å². The van der Waals surface area contributed by atoms with Crippen molar-refractivity contribution in [3.05, 3.63) is 29.8 Å². The van der Waals surface area contributed by atoms with E-state index >= 15 is 0 Å². The summed E-state index contributed by atoms with van der Waals surface area (Å²) in [6.07, 6.45) is 5.45. The first-order valence-electron chi connectivity index (χ1n) is 11.7. The summed E-state index contributed by atoms with van der Waals surface area (Å²) < 4.78 is 5.45. The molecule has 1 spiro atoms. The van der Waals surface area contributed by atoms with Gasteiger partial charge in [0, 0.05) is 38.4 Å². The lowest BCUT2D eigenvalue weighted by molar-refractivity contribution is -0.000437. The second-order valence-electron chi connectivity index (χ2n) is 10.1. The molecule has 1 N–H and O–H groups in total. The number of aldehydes is 1. The average Bonchev–Trinajstić information content (AvgIpc) is 2.80. The van der Waals surface area contributed by atoms with Crippen LogP contribution in [0, 0.1) is 5.41 Å². The smallest absolute Gasteiger partial charge is 0.410 e. The van der Waals surface area contributed by atoms with Crippen LogP contribution in [0.5, 0.6) is 0 Å². The molecule has 0 bridgehead atoms. The second kappa shape index (κ2) is 11.5. The third-order valence-electron chi connectivity index (χ3n) is 6.44. The third-order valence-corrected chi connectivity index (χ3v) is 6.44. The highest BCUT2D eigenvalue weighted by Gasteiger charge is 2.38. The molecule has 2 heterocycles. The summed E-state index contributed by atoms with van der Waals surface area (Å²) in [5.41, 5.74) is 1.34. The Morgan fingerprint density at radius 3 is 2.18 bits per heavy atom. The standard InChI is InChI=1S/C15H28N2O2.C10H12N2O2/c1-14(2,3)19-13(18)17-11-7-15(8-12-17)5-9-16(4)10-6-15;1-11-10(14)12(2)9-5-3-4-8(6-9)7-13/h5-12H2,1-4H3;3-7H,1-2H3,(H,11,14). The van der Waals surface area contributed by atoms with Crippen LogP contribution >= 0.6 is 0 Å². The normalized spacial score (nSPS) is 18.1. The molecule has 2 aliphatic rings. The number of urea groups is 1. The van der Waals surface area contributed by atoms with E-state index in [1.165, 1.54) is 30.8 Å². The van der Waals surface area contributed by atoms with Crippen LogP contribution in [-0.4, -0.2) is 81.1 Å². The molecule has 184 valence electrons. The van der Waals surface area contributed by atoms with Crippen molar-refractivity contribution in [2.45, 2.75) is 52.1 Å². The molecule has 33 heavy (non-hydrogen) atoms. The lowest BCUT2D eigenvalue weighted by Gasteiger charge is -2.46. The number of ether oxygens (including phenoxy) is 1. The fraction of sp³-hybridized carbons (Fsp3) is 0.640. The molecule has 0 unspecified atom stereocenters. The molecule has 2 saturated heterocycles. The topological polar surface area (TPSA) is 82.2 Å². The first kappa shape index (κ1) is 26.6. The largest absolute Gasteiger partial charge is 0.444 e. The van der Waals surface area contributed by atoms with Crippen LogP contribution in [0.25, 0.3) is 0 Å². The van der Waals surface area contributed by atoms with Gasteiger partial charge in [-0.05, 0) is 84.1 Å². The van der Waals surface area contributed by atoms with Gasteiger partial charge in [0.15, 0.2) is 0 Å². The lowest BCUT2D eigenvalue weighted by Crippen LogP contribution is -2.48. The predicted octanol–water partition coefficient (Wildman–Crippen LogP) is 4.00. The Morgan fingerprint density at radius 1 is 1.09 bits per heavy atom. The third kappa shape index (κ3) is 8.03. The monoisotopic (exact) mass is 460 g/mol. The van der Waals surface area contributed by atoms with Crippen LogP contribution in [-0.2, 0) is 4.74 Å². The summed E-state index contributed by atoms with van der Waals surface area (Å²) >= 11 is 0. The van der Waals surface area contributed by atoms with Crippen molar-refractivity contribution in [2.75, 3.05) is 52.2 Å². The minimum absolute atomic E-state index is 0.143. The lowest BCUT2D eigenvalue weighted by atomic mass is 9.71. The number of carbonyl (C=O) groups is 3. The van der Waals surface area contributed by atoms with Gasteiger partial charge in [-0.2, -0.15) is 0 Å². The van der Waals surface area contributed by atoms with Crippen LogP contribution in [0.4, 0.5) is 15.3 Å². The van der Waals surface area contributed by atoms with Crippen LogP contribution in [0.1, 0.15) is 56.8 Å². The quantitative estimate of drug-likeness (QED) is 0.675. The first-order chi connectivity index (χ1) is 15.5. The average molecular weight is 461 g/mol. The van der Waals surface area contributed by atoms with Gasteiger partial charge in [0.25, 0.3) is 0 Å². The van der Waals surface area contributed by atoms with Crippen LogP contribution in [0.15, 0.2) is 24.3 Å². The number of hydrogen-bond donors (Lipinski definition) is 1. The molecule has 1 aromatic carbocycles. The van der Waals surface area contributed by atoms with E-state index in [1.54, 1.807) is 38.4 Å². The molecular formula is C25H40N4O4. The minimum atomic E-state index is -0.389. The summed E-state index contributed by atoms with van der Waals surface area (Å²) in [6.45, 7) is 9.89. The molecule has 2 aliphatic heterocycles. The number of likely N-dealkylation sites (tertiary alicyclic amines) is 2. The van der Waals surface area contributed by atoms with Crippen molar-refractivity contribution >= 4 is 24.1 Å². The summed E-state index contributed by atoms with van der Waals surface area (Å²) in [5, 5.41) is 2.50. The van der Waals surface area contributed by atoms with Gasteiger partial charge in [-0.25, -0.2) is 9.59 Å². The maximum atomic E-state index is 12.0. The highest BCUT2D eigenvalue weighted by molar-refractivity contribution is 5.92. The number of amides is 3. The van der Waals surface area contributed by atoms with E-state index in [0.29, 0.717) is 16.7 Å². The highest BCUT2D eigenvalue weighted by atomic mass is 16.6. The van der Waals surface area contributed by atoms with Gasteiger partial charge in [0.05, 0.1) is 0 Å². The molecule has 2 fully saturated rings. The van der Waals surface area contributed by atoms with Gasteiger partial charge < -0.3 is 19.9 Å². The zero-order valence-electron chi connectivity index (χ0n) is 21.0. The Balaban J connectivity index is 0.000000245. The number of anilines is 1. The van der Waals surface area contributed by atoms with E-state index in [-0.39, 0.29) is 17.7 Å². The summed E-state index contributed by atoms with van der Waals surface area (Å²) in [6, 6.07) is 6.63. The van der Waals surface area contributed by atoms with Gasteiger partial charge in [0.2, 0.25) is 0 Å². The fourth-order valence-corrected chi connectivity index (χ4v) is 4.17. The van der Waals surface area contributed by atoms with E-state index in [0.717, 1.165) is 32.2 Å². The fourth-order valence-electron chi connectivity index (χ4n) is 4.17. The summed E-state index contributed by atoms with van der Waals surface area (Å²) in [5.74, 6) is 0. The second-order valence-corrected chi connectivity index (χ2v) is 10.1. The highest BCUT2D eigenvalue weighted by Crippen LogP contribution is 2.41. The molecule has 1 aromatic rings. The maximum Gasteiger partial charge on any atom is 0.410 e. The summed E-state index contributed by atoms with van der Waals surface area (Å²) in [7, 11) is 5.40. The Kier molecular flexibility index (Phi) is 9.28. The van der Waals surface area contributed by atoms with E-state index in [4.69, 9.17) is 4.74 Å². The zero-order valence-corrected chi connectivity index (χ0v) is 21.0. The molecule has 0 saturated carbocycles. The number of nitrogens with one attached hydrogen (secondary N) is 1. The van der Waals surface area contributed by atoms with E-state index < -0.39 is 0 Å².